The molecule has 4 aromatic carbocycles. The number of aryl methyl sites for hydroxylation is 2. The van der Waals surface area contributed by atoms with Crippen LogP contribution < -0.4 is 5.32 Å². The van der Waals surface area contributed by atoms with Gasteiger partial charge in [0.1, 0.15) is 11.9 Å². The minimum absolute atomic E-state index is 0.194. The van der Waals surface area contributed by atoms with Gasteiger partial charge in [-0.25, -0.2) is 4.39 Å². The fourth-order valence-corrected chi connectivity index (χ4v) is 5.70. The van der Waals surface area contributed by atoms with E-state index in [1.807, 2.05) is 43.4 Å². The maximum Gasteiger partial charge on any atom is 0.255 e. The van der Waals surface area contributed by atoms with Crippen molar-refractivity contribution >= 4 is 28.4 Å². The molecule has 6 rings (SSSR count). The van der Waals surface area contributed by atoms with Crippen LogP contribution in [-0.4, -0.2) is 27.3 Å². The number of nitrogens with zero attached hydrogens (tertiary/aromatic N) is 2. The maximum atomic E-state index is 13.9. The zero-order valence-corrected chi connectivity index (χ0v) is 22.0. The normalized spacial score (nSPS) is 15.4. The fraction of sp³-hybridized carbons (Fsp3) is 0.152. The average Bonchev–Trinajstić information content (AvgIpc) is 3.40. The van der Waals surface area contributed by atoms with Gasteiger partial charge in [-0.3, -0.25) is 9.59 Å². The molecule has 2 heterocycles. The zero-order chi connectivity index (χ0) is 27.3. The molecule has 2 unspecified atom stereocenters. The maximum absolute atomic E-state index is 13.9. The summed E-state index contributed by atoms with van der Waals surface area (Å²) in [5.41, 5.74) is 7.16. The molecule has 5 nitrogen and oxygen atoms in total. The lowest BCUT2D eigenvalue weighted by Gasteiger charge is -2.31. The number of rotatable bonds is 5. The van der Waals surface area contributed by atoms with E-state index in [9.17, 15) is 14.0 Å². The summed E-state index contributed by atoms with van der Waals surface area (Å²) in [6.07, 6.45) is 0. The Balaban J connectivity index is 1.53. The van der Waals surface area contributed by atoms with Gasteiger partial charge in [0.2, 0.25) is 5.91 Å². The molecule has 1 aliphatic heterocycles. The van der Waals surface area contributed by atoms with Crippen LogP contribution in [0, 0.1) is 12.7 Å². The summed E-state index contributed by atoms with van der Waals surface area (Å²) in [7, 11) is 2.04. The molecule has 1 aliphatic rings. The number of carbonyl (C=O) groups excluding carboxylic acids is 2. The Bertz CT molecular complexity index is 1720. The van der Waals surface area contributed by atoms with Crippen molar-refractivity contribution in [2.75, 3.05) is 5.32 Å². The number of amides is 2. The third-order valence-corrected chi connectivity index (χ3v) is 7.65. The second-order valence-corrected chi connectivity index (χ2v) is 10.1. The minimum Gasteiger partial charge on any atom is -0.343 e. The topological polar surface area (TPSA) is 54.3 Å². The van der Waals surface area contributed by atoms with E-state index in [0.717, 1.165) is 38.9 Å². The number of hydrogen-bond acceptors (Lipinski definition) is 2. The minimum atomic E-state index is -0.801. The van der Waals surface area contributed by atoms with Crippen molar-refractivity contribution in [1.29, 1.82) is 0 Å². The molecule has 0 fully saturated rings. The summed E-state index contributed by atoms with van der Waals surface area (Å²) >= 11 is 0. The van der Waals surface area contributed by atoms with E-state index < -0.39 is 12.1 Å². The fourth-order valence-electron chi connectivity index (χ4n) is 5.70. The second-order valence-electron chi connectivity index (χ2n) is 10.1. The molecular weight excluding hydrogens is 489 g/mol. The molecule has 0 spiro atoms. The predicted molar refractivity (Wildman–Crippen MR) is 152 cm³/mol. The quantitative estimate of drug-likeness (QED) is 0.277. The highest BCUT2D eigenvalue weighted by Crippen LogP contribution is 2.47. The van der Waals surface area contributed by atoms with E-state index in [-0.39, 0.29) is 17.6 Å². The molecule has 2 amide bonds. The molecule has 39 heavy (non-hydrogen) atoms. The van der Waals surface area contributed by atoms with Gasteiger partial charge in [0, 0.05) is 34.8 Å². The largest absolute Gasteiger partial charge is 0.343 e. The molecular formula is C33H28FN3O2. The molecule has 1 aromatic heterocycles. The Hall–Kier alpha value is -4.71. The van der Waals surface area contributed by atoms with Crippen molar-refractivity contribution in [3.05, 3.63) is 125 Å². The smallest absolute Gasteiger partial charge is 0.255 e. The molecule has 194 valence electrons. The monoisotopic (exact) mass is 517 g/mol. The summed E-state index contributed by atoms with van der Waals surface area (Å²) in [5, 5.41) is 3.88. The van der Waals surface area contributed by atoms with Crippen LogP contribution in [0.3, 0.4) is 0 Å². The number of hydrogen-bond donors (Lipinski definition) is 1. The Morgan fingerprint density at radius 1 is 0.897 bits per heavy atom. The van der Waals surface area contributed by atoms with Crippen molar-refractivity contribution in [3.63, 3.8) is 0 Å². The SMILES string of the molecule is Cc1ccc(-c2c(C3c4ccccc4C(=O)N3C(C)C(=O)Nc3ccc(F)cc3)c3ccccc3n2C)cc1. The molecule has 5 aromatic rings. The number of para-hydroxylation sites is 1. The second kappa shape index (κ2) is 9.55. The third-order valence-electron chi connectivity index (χ3n) is 7.65. The van der Waals surface area contributed by atoms with E-state index in [2.05, 4.69) is 53.2 Å². The summed E-state index contributed by atoms with van der Waals surface area (Å²) in [5.74, 6) is -0.920. The molecule has 0 saturated heterocycles. The van der Waals surface area contributed by atoms with Crippen LogP contribution in [0.25, 0.3) is 22.2 Å². The van der Waals surface area contributed by atoms with E-state index in [0.29, 0.717) is 11.3 Å². The summed E-state index contributed by atoms with van der Waals surface area (Å²) in [6, 6.07) is 28.5. The first kappa shape index (κ1) is 24.6. The highest BCUT2D eigenvalue weighted by atomic mass is 19.1. The Morgan fingerprint density at radius 2 is 1.56 bits per heavy atom. The third kappa shape index (κ3) is 4.09. The van der Waals surface area contributed by atoms with Crippen LogP contribution in [0.4, 0.5) is 10.1 Å². The standard InChI is InChI=1S/C33H28FN3O2/c1-20-12-14-22(15-13-20)30-29(27-10-6-7-11-28(27)36(30)3)31-25-8-4-5-9-26(25)33(39)37(31)21(2)32(38)35-24-18-16-23(34)17-19-24/h4-19,21,31H,1-3H3,(H,35,38). The first-order valence-electron chi connectivity index (χ1n) is 13.0. The zero-order valence-electron chi connectivity index (χ0n) is 22.0. The lowest BCUT2D eigenvalue weighted by atomic mass is 9.92. The number of halogens is 1. The van der Waals surface area contributed by atoms with Crippen LogP contribution >= 0.6 is 0 Å². The van der Waals surface area contributed by atoms with Gasteiger partial charge in [-0.15, -0.1) is 0 Å². The number of fused-ring (bicyclic) bond motifs is 2. The molecule has 1 N–H and O–H groups in total. The number of carbonyl (C=O) groups is 2. The van der Waals surface area contributed by atoms with Gasteiger partial charge in [0.25, 0.3) is 5.91 Å². The van der Waals surface area contributed by atoms with Gasteiger partial charge in [-0.2, -0.15) is 0 Å². The first-order chi connectivity index (χ1) is 18.8. The molecule has 2 atom stereocenters. The summed E-state index contributed by atoms with van der Waals surface area (Å²) in [6.45, 7) is 3.80. The van der Waals surface area contributed by atoms with Gasteiger partial charge in [0.15, 0.2) is 0 Å². The van der Waals surface area contributed by atoms with Gasteiger partial charge >= 0.3 is 0 Å². The highest BCUT2D eigenvalue weighted by molar-refractivity contribution is 6.06. The molecule has 0 aliphatic carbocycles. The number of aromatic nitrogens is 1. The van der Waals surface area contributed by atoms with Crippen LogP contribution in [0.15, 0.2) is 97.1 Å². The Morgan fingerprint density at radius 3 is 2.31 bits per heavy atom. The van der Waals surface area contributed by atoms with Crippen LogP contribution in [0.2, 0.25) is 0 Å². The average molecular weight is 518 g/mol. The van der Waals surface area contributed by atoms with Gasteiger partial charge in [0.05, 0.1) is 11.7 Å². The molecule has 0 radical (unpaired) electrons. The van der Waals surface area contributed by atoms with Crippen LogP contribution in [-0.2, 0) is 11.8 Å². The van der Waals surface area contributed by atoms with Gasteiger partial charge in [-0.05, 0) is 61.4 Å². The Labute approximate surface area is 226 Å². The Kier molecular flexibility index (Phi) is 6.03. The number of benzene rings is 4. The molecule has 0 saturated carbocycles. The highest BCUT2D eigenvalue weighted by Gasteiger charge is 2.44. The van der Waals surface area contributed by atoms with Crippen molar-refractivity contribution in [1.82, 2.24) is 9.47 Å². The van der Waals surface area contributed by atoms with Crippen molar-refractivity contribution in [2.24, 2.45) is 7.05 Å². The van der Waals surface area contributed by atoms with E-state index in [4.69, 9.17) is 0 Å². The van der Waals surface area contributed by atoms with Gasteiger partial charge in [-0.1, -0.05) is 66.2 Å². The van der Waals surface area contributed by atoms with Crippen molar-refractivity contribution in [2.45, 2.75) is 25.9 Å². The molecule has 0 bridgehead atoms. The van der Waals surface area contributed by atoms with E-state index in [1.165, 1.54) is 24.3 Å². The summed E-state index contributed by atoms with van der Waals surface area (Å²) < 4.78 is 15.6. The number of nitrogens with one attached hydrogen (secondary N) is 1. The van der Waals surface area contributed by atoms with E-state index >= 15 is 0 Å². The first-order valence-corrected chi connectivity index (χ1v) is 13.0. The lowest BCUT2D eigenvalue weighted by Crippen LogP contribution is -2.44. The summed E-state index contributed by atoms with van der Waals surface area (Å²) in [4.78, 5) is 29.1. The van der Waals surface area contributed by atoms with Crippen LogP contribution in [0.1, 0.15) is 40.0 Å². The molecule has 6 heteroatoms. The lowest BCUT2D eigenvalue weighted by molar-refractivity contribution is -0.120. The predicted octanol–water partition coefficient (Wildman–Crippen LogP) is 6.87. The van der Waals surface area contributed by atoms with Crippen molar-refractivity contribution in [3.8, 4) is 11.3 Å². The van der Waals surface area contributed by atoms with Crippen molar-refractivity contribution < 1.29 is 14.0 Å². The number of anilines is 1. The van der Waals surface area contributed by atoms with Gasteiger partial charge < -0.3 is 14.8 Å². The van der Waals surface area contributed by atoms with E-state index in [1.54, 1.807) is 11.8 Å². The van der Waals surface area contributed by atoms with Crippen LogP contribution in [0.5, 0.6) is 0 Å².